The quantitative estimate of drug-likeness (QED) is 0.310. The zero-order valence-electron chi connectivity index (χ0n) is 13.6. The first-order valence-electron chi connectivity index (χ1n) is 8.13. The summed E-state index contributed by atoms with van der Waals surface area (Å²) in [4.78, 5) is 11.6. The summed E-state index contributed by atoms with van der Waals surface area (Å²) < 4.78 is 5.53. The molecule has 136 valence electrons. The Kier molecular flexibility index (Phi) is 8.38. The monoisotopic (exact) mass is 335 g/mol. The molecule has 8 heteroatoms. The third kappa shape index (κ3) is 5.66. The van der Waals surface area contributed by atoms with Gasteiger partial charge in [-0.3, -0.25) is 4.79 Å². The molecule has 1 aliphatic rings. The van der Waals surface area contributed by atoms with Gasteiger partial charge < -0.3 is 35.6 Å². The number of aliphatic hydroxyl groups excluding tert-OH is 5. The fourth-order valence-electron chi connectivity index (χ4n) is 2.58. The Morgan fingerprint density at radius 2 is 1.83 bits per heavy atom. The molecule has 0 spiro atoms. The summed E-state index contributed by atoms with van der Waals surface area (Å²) in [6.07, 6.45) is -5.27. The Balaban J connectivity index is 2.64. The van der Waals surface area contributed by atoms with Crippen LogP contribution in [-0.4, -0.2) is 80.7 Å². The Morgan fingerprint density at radius 1 is 1.17 bits per heavy atom. The molecule has 0 aliphatic heterocycles. The Labute approximate surface area is 136 Å². The van der Waals surface area contributed by atoms with Crippen LogP contribution in [0.3, 0.4) is 0 Å². The first-order valence-corrected chi connectivity index (χ1v) is 8.13. The smallest absolute Gasteiger partial charge is 0.220 e. The van der Waals surface area contributed by atoms with Gasteiger partial charge in [0.2, 0.25) is 5.91 Å². The van der Waals surface area contributed by atoms with E-state index in [-0.39, 0.29) is 25.4 Å². The zero-order chi connectivity index (χ0) is 17.6. The van der Waals surface area contributed by atoms with E-state index < -0.39 is 42.7 Å². The molecule has 1 amide bonds. The maximum Gasteiger partial charge on any atom is 0.220 e. The summed E-state index contributed by atoms with van der Waals surface area (Å²) in [5.41, 5.74) is 0. The Morgan fingerprint density at radius 3 is 2.39 bits per heavy atom. The van der Waals surface area contributed by atoms with Crippen molar-refractivity contribution in [1.82, 2.24) is 5.32 Å². The van der Waals surface area contributed by atoms with E-state index >= 15 is 0 Å². The van der Waals surface area contributed by atoms with Crippen molar-refractivity contribution in [1.29, 1.82) is 0 Å². The van der Waals surface area contributed by atoms with E-state index in [2.05, 4.69) is 5.32 Å². The topological polar surface area (TPSA) is 139 Å². The molecule has 6 N–H and O–H groups in total. The van der Waals surface area contributed by atoms with E-state index in [0.29, 0.717) is 12.8 Å². The highest BCUT2D eigenvalue weighted by Crippen LogP contribution is 2.23. The van der Waals surface area contributed by atoms with Gasteiger partial charge in [0.1, 0.15) is 18.3 Å². The van der Waals surface area contributed by atoms with E-state index in [0.717, 1.165) is 0 Å². The van der Waals surface area contributed by atoms with Gasteiger partial charge in [-0.2, -0.15) is 0 Å². The van der Waals surface area contributed by atoms with Crippen LogP contribution in [0.25, 0.3) is 0 Å². The maximum atomic E-state index is 11.6. The first kappa shape index (κ1) is 20.3. The molecule has 0 radical (unpaired) electrons. The van der Waals surface area contributed by atoms with E-state index in [1.165, 1.54) is 0 Å². The van der Waals surface area contributed by atoms with Crippen LogP contribution in [0.5, 0.6) is 0 Å². The maximum absolute atomic E-state index is 11.6. The van der Waals surface area contributed by atoms with Crippen LogP contribution in [0.2, 0.25) is 0 Å². The summed E-state index contributed by atoms with van der Waals surface area (Å²) >= 11 is 0. The number of aliphatic hydroxyl groups is 5. The molecule has 1 fully saturated rings. The lowest BCUT2D eigenvalue weighted by Gasteiger charge is -2.36. The fraction of sp³-hybridized carbons (Fsp3) is 0.933. The van der Waals surface area contributed by atoms with Crippen LogP contribution in [0, 0.1) is 0 Å². The van der Waals surface area contributed by atoms with Crippen molar-refractivity contribution >= 4 is 5.91 Å². The van der Waals surface area contributed by atoms with Gasteiger partial charge in [0.15, 0.2) is 0 Å². The lowest BCUT2D eigenvalue weighted by Crippen LogP contribution is -2.54. The molecule has 0 aromatic carbocycles. The second-order valence-electron chi connectivity index (χ2n) is 5.99. The Hall–Kier alpha value is -0.770. The summed E-state index contributed by atoms with van der Waals surface area (Å²) in [6, 6.07) is -0.825. The van der Waals surface area contributed by atoms with Gasteiger partial charge in [0.25, 0.3) is 0 Å². The number of hydrogen-bond acceptors (Lipinski definition) is 7. The van der Waals surface area contributed by atoms with Crippen molar-refractivity contribution in [3.05, 3.63) is 0 Å². The van der Waals surface area contributed by atoms with Gasteiger partial charge in [-0.05, 0) is 19.3 Å². The van der Waals surface area contributed by atoms with Gasteiger partial charge in [-0.1, -0.05) is 13.8 Å². The number of carbonyl (C=O) groups excluding carboxylic acids is 1. The predicted molar refractivity (Wildman–Crippen MR) is 81.5 cm³/mol. The summed E-state index contributed by atoms with van der Waals surface area (Å²) in [5, 5.41) is 51.5. The standard InChI is InChI=1S/C15H29NO7/c1-3-9(17)13(20)8(16-12(19)4-2)7-23-11-6-5-10(18)14(21)15(11)22/h8-11,13-15,17-18,20-22H,3-7H2,1-2H3,(H,16,19)/t8-,9+,10-,11?,13-,14-,15-/m0/s1. The molecule has 8 nitrogen and oxygen atoms in total. The molecule has 1 aliphatic carbocycles. The predicted octanol–water partition coefficient (Wildman–Crippen LogP) is -1.73. The van der Waals surface area contributed by atoms with Gasteiger partial charge in [-0.25, -0.2) is 0 Å². The molecular formula is C15H29NO7. The molecule has 1 saturated carbocycles. The molecule has 23 heavy (non-hydrogen) atoms. The van der Waals surface area contributed by atoms with Crippen molar-refractivity contribution in [3.63, 3.8) is 0 Å². The highest BCUT2D eigenvalue weighted by Gasteiger charge is 2.38. The van der Waals surface area contributed by atoms with Crippen LogP contribution in [0.15, 0.2) is 0 Å². The highest BCUT2D eigenvalue weighted by molar-refractivity contribution is 5.75. The SMILES string of the molecule is CCC(=O)N[C@@H](COC1CC[C@H](O)[C@H](O)[C@H]1O)[C@H](O)[C@H](O)CC. The fourth-order valence-corrected chi connectivity index (χ4v) is 2.58. The first-order chi connectivity index (χ1) is 10.8. The molecule has 0 heterocycles. The molecule has 1 unspecified atom stereocenters. The van der Waals surface area contributed by atoms with E-state index in [1.54, 1.807) is 13.8 Å². The molecule has 0 saturated heterocycles. The number of carbonyl (C=O) groups is 1. The highest BCUT2D eigenvalue weighted by atomic mass is 16.5. The van der Waals surface area contributed by atoms with Crippen molar-refractivity contribution in [2.45, 2.75) is 82.2 Å². The van der Waals surface area contributed by atoms with Gasteiger partial charge in [0, 0.05) is 6.42 Å². The third-order valence-electron chi connectivity index (χ3n) is 4.25. The van der Waals surface area contributed by atoms with Crippen LogP contribution >= 0.6 is 0 Å². The second kappa shape index (κ2) is 9.51. The third-order valence-corrected chi connectivity index (χ3v) is 4.25. The number of nitrogens with one attached hydrogen (secondary N) is 1. The molecule has 0 aromatic rings. The number of rotatable bonds is 8. The van der Waals surface area contributed by atoms with E-state index in [9.17, 15) is 30.3 Å². The number of hydrogen-bond donors (Lipinski definition) is 6. The van der Waals surface area contributed by atoms with Crippen molar-refractivity contribution in [2.75, 3.05) is 6.61 Å². The molecule has 0 bridgehead atoms. The van der Waals surface area contributed by atoms with Crippen LogP contribution in [-0.2, 0) is 9.53 Å². The lowest BCUT2D eigenvalue weighted by molar-refractivity contribution is -0.159. The van der Waals surface area contributed by atoms with Crippen molar-refractivity contribution in [2.24, 2.45) is 0 Å². The summed E-state index contributed by atoms with van der Waals surface area (Å²) in [5.74, 6) is -0.291. The van der Waals surface area contributed by atoms with Crippen molar-refractivity contribution in [3.8, 4) is 0 Å². The largest absolute Gasteiger partial charge is 0.390 e. The Bertz CT molecular complexity index is 368. The lowest BCUT2D eigenvalue weighted by atomic mass is 9.89. The average molecular weight is 335 g/mol. The average Bonchev–Trinajstić information content (AvgIpc) is 2.56. The molecular weight excluding hydrogens is 306 g/mol. The summed E-state index contributed by atoms with van der Waals surface area (Å²) in [7, 11) is 0. The normalized spacial score (nSPS) is 32.1. The minimum absolute atomic E-state index is 0.117. The summed E-state index contributed by atoms with van der Waals surface area (Å²) in [6.45, 7) is 3.25. The van der Waals surface area contributed by atoms with E-state index in [4.69, 9.17) is 4.74 Å². The van der Waals surface area contributed by atoms with Crippen molar-refractivity contribution < 1.29 is 35.1 Å². The second-order valence-corrected chi connectivity index (χ2v) is 5.99. The molecule has 1 rings (SSSR count). The van der Waals surface area contributed by atoms with Crippen LogP contribution < -0.4 is 5.32 Å². The van der Waals surface area contributed by atoms with E-state index in [1.807, 2.05) is 0 Å². The van der Waals surface area contributed by atoms with Gasteiger partial charge >= 0.3 is 0 Å². The molecule has 0 aromatic heterocycles. The minimum atomic E-state index is -1.29. The number of amides is 1. The minimum Gasteiger partial charge on any atom is -0.390 e. The molecule has 7 atom stereocenters. The van der Waals surface area contributed by atoms with Gasteiger partial charge in [-0.15, -0.1) is 0 Å². The van der Waals surface area contributed by atoms with Gasteiger partial charge in [0.05, 0.1) is 31.0 Å². The number of ether oxygens (including phenoxy) is 1. The zero-order valence-corrected chi connectivity index (χ0v) is 13.6. The van der Waals surface area contributed by atoms with Crippen LogP contribution in [0.1, 0.15) is 39.5 Å². The van der Waals surface area contributed by atoms with Crippen LogP contribution in [0.4, 0.5) is 0 Å².